The van der Waals surface area contributed by atoms with E-state index in [0.717, 1.165) is 5.69 Å². The molecule has 0 amide bonds. The number of rotatable bonds is 4. The average molecular weight is 222 g/mol. The van der Waals surface area contributed by atoms with Crippen LogP contribution < -0.4 is 10.1 Å². The highest BCUT2D eigenvalue weighted by molar-refractivity contribution is 6.33. The molecule has 0 aromatic heterocycles. The zero-order chi connectivity index (χ0) is 10.6. The minimum absolute atomic E-state index is 0.342. The van der Waals surface area contributed by atoms with Crippen molar-refractivity contribution in [3.63, 3.8) is 0 Å². The maximum Gasteiger partial charge on any atom is 0.272 e. The van der Waals surface area contributed by atoms with E-state index in [1.807, 2.05) is 0 Å². The van der Waals surface area contributed by atoms with Crippen LogP contribution in [0.2, 0.25) is 5.02 Å². The van der Waals surface area contributed by atoms with Gasteiger partial charge in [0.1, 0.15) is 12.4 Å². The quantitative estimate of drug-likeness (QED) is 0.844. The molecule has 0 heterocycles. The Hall–Kier alpha value is -1.03. The molecule has 0 aliphatic rings. The van der Waals surface area contributed by atoms with Gasteiger partial charge in [-0.05, 0) is 12.1 Å². The fourth-order valence-electron chi connectivity index (χ4n) is 0.948. The Morgan fingerprint density at radius 1 is 1.50 bits per heavy atom. The highest BCUT2D eigenvalue weighted by atomic mass is 35.5. The number of halogens is 3. The second-order valence-corrected chi connectivity index (χ2v) is 3.00. The molecular formula is C9H10ClF2NO. The van der Waals surface area contributed by atoms with Crippen molar-refractivity contribution < 1.29 is 13.5 Å². The molecule has 0 aliphatic carbocycles. The molecule has 2 nitrogen and oxygen atoms in total. The summed E-state index contributed by atoms with van der Waals surface area (Å²) in [7, 11) is 1.72. The van der Waals surface area contributed by atoms with Crippen LogP contribution >= 0.6 is 11.6 Å². The van der Waals surface area contributed by atoms with Gasteiger partial charge in [0.15, 0.2) is 0 Å². The lowest BCUT2D eigenvalue weighted by atomic mass is 10.3. The van der Waals surface area contributed by atoms with Gasteiger partial charge < -0.3 is 10.1 Å². The van der Waals surface area contributed by atoms with E-state index in [9.17, 15) is 8.78 Å². The van der Waals surface area contributed by atoms with Crippen LogP contribution in [0.3, 0.4) is 0 Å². The smallest absolute Gasteiger partial charge is 0.272 e. The summed E-state index contributed by atoms with van der Waals surface area (Å²) in [6.07, 6.45) is -2.47. The first-order valence-electron chi connectivity index (χ1n) is 4.01. The van der Waals surface area contributed by atoms with Crippen molar-refractivity contribution in [3.05, 3.63) is 23.2 Å². The third-order valence-electron chi connectivity index (χ3n) is 1.59. The molecule has 0 aliphatic heterocycles. The summed E-state index contributed by atoms with van der Waals surface area (Å²) in [5.41, 5.74) is 0.732. The Bertz CT molecular complexity index is 307. The summed E-state index contributed by atoms with van der Waals surface area (Å²) in [4.78, 5) is 0. The Morgan fingerprint density at radius 2 is 2.21 bits per heavy atom. The molecule has 14 heavy (non-hydrogen) atoms. The predicted octanol–water partition coefficient (Wildman–Crippen LogP) is 3.03. The van der Waals surface area contributed by atoms with Crippen molar-refractivity contribution in [3.8, 4) is 5.75 Å². The standard InChI is InChI=1S/C9H10ClF2NO/c1-13-8-3-2-6(4-7(8)10)14-5-9(11)12/h2-4,9,13H,5H2,1H3. The fourth-order valence-corrected chi connectivity index (χ4v) is 1.21. The van der Waals surface area contributed by atoms with Gasteiger partial charge in [0.2, 0.25) is 0 Å². The van der Waals surface area contributed by atoms with Crippen LogP contribution in [0.4, 0.5) is 14.5 Å². The van der Waals surface area contributed by atoms with E-state index in [4.69, 9.17) is 16.3 Å². The first-order chi connectivity index (χ1) is 6.63. The van der Waals surface area contributed by atoms with Gasteiger partial charge in [0.25, 0.3) is 6.43 Å². The van der Waals surface area contributed by atoms with Crippen LogP contribution in [0.5, 0.6) is 5.75 Å². The summed E-state index contributed by atoms with van der Waals surface area (Å²) in [5, 5.41) is 3.30. The highest BCUT2D eigenvalue weighted by Crippen LogP contribution is 2.26. The first kappa shape index (κ1) is 11.0. The molecule has 0 fully saturated rings. The van der Waals surface area contributed by atoms with Crippen LogP contribution in [-0.2, 0) is 0 Å². The lowest BCUT2D eigenvalue weighted by molar-refractivity contribution is 0.0819. The van der Waals surface area contributed by atoms with Gasteiger partial charge >= 0.3 is 0 Å². The molecule has 0 atom stereocenters. The molecule has 1 aromatic carbocycles. The number of hydrogen-bond acceptors (Lipinski definition) is 2. The highest BCUT2D eigenvalue weighted by Gasteiger charge is 2.05. The fraction of sp³-hybridized carbons (Fsp3) is 0.333. The van der Waals surface area contributed by atoms with E-state index < -0.39 is 13.0 Å². The molecule has 1 aromatic rings. The lowest BCUT2D eigenvalue weighted by Crippen LogP contribution is -2.06. The maximum absolute atomic E-state index is 11.8. The number of anilines is 1. The molecule has 5 heteroatoms. The van der Waals surface area contributed by atoms with E-state index >= 15 is 0 Å². The third-order valence-corrected chi connectivity index (χ3v) is 1.90. The molecule has 0 saturated heterocycles. The lowest BCUT2D eigenvalue weighted by Gasteiger charge is -2.08. The normalized spacial score (nSPS) is 10.4. The van der Waals surface area contributed by atoms with Crippen LogP contribution in [-0.4, -0.2) is 20.1 Å². The molecular weight excluding hydrogens is 212 g/mol. The molecule has 1 N–H and O–H groups in total. The van der Waals surface area contributed by atoms with Crippen molar-refractivity contribution in [2.75, 3.05) is 19.0 Å². The van der Waals surface area contributed by atoms with Gasteiger partial charge in [-0.2, -0.15) is 0 Å². The summed E-state index contributed by atoms with van der Waals surface area (Å²) in [6, 6.07) is 4.75. The molecule has 78 valence electrons. The Kier molecular flexibility index (Phi) is 3.95. The molecule has 0 unspecified atom stereocenters. The van der Waals surface area contributed by atoms with E-state index in [0.29, 0.717) is 10.8 Å². The molecule has 0 radical (unpaired) electrons. The Morgan fingerprint density at radius 3 is 2.71 bits per heavy atom. The number of hydrogen-bond donors (Lipinski definition) is 1. The van der Waals surface area contributed by atoms with Crippen molar-refractivity contribution in [1.82, 2.24) is 0 Å². The van der Waals surface area contributed by atoms with Gasteiger partial charge in [-0.25, -0.2) is 8.78 Å². The Labute approximate surface area is 85.8 Å². The topological polar surface area (TPSA) is 21.3 Å². The summed E-state index contributed by atoms with van der Waals surface area (Å²) < 4.78 is 28.4. The number of nitrogens with one attached hydrogen (secondary N) is 1. The Balaban J connectivity index is 2.66. The minimum Gasteiger partial charge on any atom is -0.488 e. The van der Waals surface area contributed by atoms with Crippen LogP contribution in [0, 0.1) is 0 Å². The van der Waals surface area contributed by atoms with Gasteiger partial charge in [0.05, 0.1) is 10.7 Å². The van der Waals surface area contributed by atoms with E-state index in [1.165, 1.54) is 6.07 Å². The third kappa shape index (κ3) is 3.03. The van der Waals surface area contributed by atoms with E-state index in [1.54, 1.807) is 19.2 Å². The van der Waals surface area contributed by atoms with Crippen LogP contribution in [0.15, 0.2) is 18.2 Å². The molecule has 0 saturated carbocycles. The first-order valence-corrected chi connectivity index (χ1v) is 4.39. The van der Waals surface area contributed by atoms with Crippen LogP contribution in [0.25, 0.3) is 0 Å². The summed E-state index contributed by atoms with van der Waals surface area (Å²) >= 11 is 5.81. The predicted molar refractivity (Wildman–Crippen MR) is 52.5 cm³/mol. The maximum atomic E-state index is 11.8. The van der Waals surface area contributed by atoms with Crippen molar-refractivity contribution in [2.45, 2.75) is 6.43 Å². The van der Waals surface area contributed by atoms with E-state index in [2.05, 4.69) is 5.32 Å². The summed E-state index contributed by atoms with van der Waals surface area (Å²) in [5.74, 6) is 0.342. The van der Waals surface area contributed by atoms with Gasteiger partial charge in [-0.3, -0.25) is 0 Å². The SMILES string of the molecule is CNc1ccc(OCC(F)F)cc1Cl. The largest absolute Gasteiger partial charge is 0.488 e. The van der Waals surface area contributed by atoms with Gasteiger partial charge in [-0.1, -0.05) is 11.6 Å². The van der Waals surface area contributed by atoms with Crippen LogP contribution in [0.1, 0.15) is 0 Å². The van der Waals surface area contributed by atoms with Gasteiger partial charge in [0, 0.05) is 13.1 Å². The zero-order valence-electron chi connectivity index (χ0n) is 7.56. The van der Waals surface area contributed by atoms with Crippen molar-refractivity contribution >= 4 is 17.3 Å². The molecule has 0 spiro atoms. The minimum atomic E-state index is -2.47. The second-order valence-electron chi connectivity index (χ2n) is 2.59. The average Bonchev–Trinajstić information content (AvgIpc) is 2.15. The van der Waals surface area contributed by atoms with Crippen molar-refractivity contribution in [2.24, 2.45) is 0 Å². The number of benzene rings is 1. The van der Waals surface area contributed by atoms with Gasteiger partial charge in [-0.15, -0.1) is 0 Å². The van der Waals surface area contributed by atoms with E-state index in [-0.39, 0.29) is 0 Å². The zero-order valence-corrected chi connectivity index (χ0v) is 8.31. The molecule has 1 rings (SSSR count). The number of alkyl halides is 2. The summed E-state index contributed by atoms with van der Waals surface area (Å²) in [6.45, 7) is -0.616. The van der Waals surface area contributed by atoms with Crippen molar-refractivity contribution in [1.29, 1.82) is 0 Å². The molecule has 0 bridgehead atoms. The monoisotopic (exact) mass is 221 g/mol. The second kappa shape index (κ2) is 5.00. The number of ether oxygens (including phenoxy) is 1.